The van der Waals surface area contributed by atoms with E-state index in [-0.39, 0.29) is 5.90 Å². The maximum Gasteiger partial charge on any atom is 0.363 e. The standard InChI is InChI=1S/C13H8N2O2S/c16-13-11(8-9-4-3-7-18-9)15-12(17-13)10-5-1-2-6-14-10/h1-8H/b11-8+. The Morgan fingerprint density at radius 1 is 1.22 bits per heavy atom. The fourth-order valence-electron chi connectivity index (χ4n) is 1.52. The lowest BCUT2D eigenvalue weighted by Crippen LogP contribution is -2.06. The first-order valence-electron chi connectivity index (χ1n) is 5.30. The maximum atomic E-state index is 11.7. The van der Waals surface area contributed by atoms with Gasteiger partial charge in [0.2, 0.25) is 5.90 Å². The monoisotopic (exact) mass is 256 g/mol. The normalized spacial score (nSPS) is 16.8. The molecule has 5 heteroatoms. The lowest BCUT2D eigenvalue weighted by atomic mass is 10.3. The fourth-order valence-corrected chi connectivity index (χ4v) is 2.17. The summed E-state index contributed by atoms with van der Waals surface area (Å²) < 4.78 is 5.09. The highest BCUT2D eigenvalue weighted by atomic mass is 32.1. The molecule has 0 radical (unpaired) electrons. The van der Waals surface area contributed by atoms with Crippen LogP contribution in [0.5, 0.6) is 0 Å². The number of hydrogen-bond donors (Lipinski definition) is 0. The Hall–Kier alpha value is -2.27. The van der Waals surface area contributed by atoms with Gasteiger partial charge in [-0.05, 0) is 29.7 Å². The molecule has 0 aliphatic carbocycles. The van der Waals surface area contributed by atoms with Crippen molar-refractivity contribution < 1.29 is 9.53 Å². The minimum atomic E-state index is -0.441. The van der Waals surface area contributed by atoms with Crippen molar-refractivity contribution in [2.24, 2.45) is 4.99 Å². The van der Waals surface area contributed by atoms with Gasteiger partial charge in [0.15, 0.2) is 5.70 Å². The Balaban J connectivity index is 1.95. The number of aromatic nitrogens is 1. The number of carbonyl (C=O) groups is 1. The van der Waals surface area contributed by atoms with E-state index >= 15 is 0 Å². The van der Waals surface area contributed by atoms with Crippen molar-refractivity contribution in [3.05, 3.63) is 58.2 Å². The van der Waals surface area contributed by atoms with Crippen molar-refractivity contribution in [2.75, 3.05) is 0 Å². The van der Waals surface area contributed by atoms with Gasteiger partial charge < -0.3 is 4.74 Å². The first kappa shape index (κ1) is 10.9. The number of carbonyl (C=O) groups excluding carboxylic acids is 1. The Morgan fingerprint density at radius 3 is 2.89 bits per heavy atom. The van der Waals surface area contributed by atoms with Gasteiger partial charge in [-0.1, -0.05) is 12.1 Å². The largest absolute Gasteiger partial charge is 0.400 e. The highest BCUT2D eigenvalue weighted by Gasteiger charge is 2.24. The molecule has 1 aliphatic heterocycles. The third-order valence-electron chi connectivity index (χ3n) is 2.33. The highest BCUT2D eigenvalue weighted by molar-refractivity contribution is 7.10. The lowest BCUT2D eigenvalue weighted by Gasteiger charge is -1.95. The average Bonchev–Trinajstić information content (AvgIpc) is 3.02. The first-order chi connectivity index (χ1) is 8.83. The van der Waals surface area contributed by atoms with E-state index in [4.69, 9.17) is 4.74 Å². The number of hydrogen-bond acceptors (Lipinski definition) is 5. The second kappa shape index (κ2) is 4.54. The molecule has 88 valence electrons. The van der Waals surface area contributed by atoms with Crippen molar-refractivity contribution in [1.82, 2.24) is 4.98 Å². The summed E-state index contributed by atoms with van der Waals surface area (Å²) in [5, 5.41) is 1.94. The van der Waals surface area contributed by atoms with Crippen molar-refractivity contribution in [2.45, 2.75) is 0 Å². The van der Waals surface area contributed by atoms with Crippen LogP contribution in [0.4, 0.5) is 0 Å². The Labute approximate surface area is 107 Å². The summed E-state index contributed by atoms with van der Waals surface area (Å²) in [6.07, 6.45) is 3.34. The Bertz CT molecular complexity index is 630. The quantitative estimate of drug-likeness (QED) is 0.612. The van der Waals surface area contributed by atoms with Gasteiger partial charge in [0.05, 0.1) is 0 Å². The molecule has 0 aromatic carbocycles. The van der Waals surface area contributed by atoms with Gasteiger partial charge in [0, 0.05) is 11.1 Å². The molecular weight excluding hydrogens is 248 g/mol. The number of rotatable bonds is 2. The van der Waals surface area contributed by atoms with Crippen molar-refractivity contribution in [1.29, 1.82) is 0 Å². The number of esters is 1. The third kappa shape index (κ3) is 2.08. The van der Waals surface area contributed by atoms with Crippen LogP contribution in [0.1, 0.15) is 10.6 Å². The second-order valence-electron chi connectivity index (χ2n) is 3.57. The molecule has 0 fully saturated rings. The first-order valence-corrected chi connectivity index (χ1v) is 6.18. The molecule has 0 bridgehead atoms. The summed E-state index contributed by atoms with van der Waals surface area (Å²) in [5.41, 5.74) is 0.860. The molecule has 0 spiro atoms. The molecular formula is C13H8N2O2S. The number of thiophene rings is 1. The summed E-state index contributed by atoms with van der Waals surface area (Å²) >= 11 is 1.54. The van der Waals surface area contributed by atoms with Crippen LogP contribution in [0.3, 0.4) is 0 Å². The molecule has 1 aliphatic rings. The number of pyridine rings is 1. The zero-order valence-corrected chi connectivity index (χ0v) is 10.1. The lowest BCUT2D eigenvalue weighted by molar-refractivity contribution is -0.129. The van der Waals surface area contributed by atoms with Crippen LogP contribution in [-0.2, 0) is 9.53 Å². The smallest absolute Gasteiger partial charge is 0.363 e. The highest BCUT2D eigenvalue weighted by Crippen LogP contribution is 2.20. The van der Waals surface area contributed by atoms with E-state index in [0.29, 0.717) is 11.4 Å². The van der Waals surface area contributed by atoms with E-state index < -0.39 is 5.97 Å². The number of ether oxygens (including phenoxy) is 1. The second-order valence-corrected chi connectivity index (χ2v) is 4.55. The zero-order chi connectivity index (χ0) is 12.4. The molecule has 0 N–H and O–H groups in total. The number of cyclic esters (lactones) is 1. The Kier molecular flexibility index (Phi) is 2.74. The van der Waals surface area contributed by atoms with Gasteiger partial charge in [0.25, 0.3) is 0 Å². The molecule has 3 rings (SSSR count). The van der Waals surface area contributed by atoms with Gasteiger partial charge in [-0.15, -0.1) is 11.3 Å². The molecule has 4 nitrogen and oxygen atoms in total. The summed E-state index contributed by atoms with van der Waals surface area (Å²) in [5.74, 6) is -0.188. The molecule has 0 amide bonds. The van der Waals surface area contributed by atoms with E-state index in [9.17, 15) is 4.79 Å². The molecule has 3 heterocycles. The molecule has 0 atom stereocenters. The van der Waals surface area contributed by atoms with Crippen LogP contribution >= 0.6 is 11.3 Å². The summed E-state index contributed by atoms with van der Waals surface area (Å²) in [6, 6.07) is 9.20. The van der Waals surface area contributed by atoms with Gasteiger partial charge >= 0.3 is 5.97 Å². The zero-order valence-electron chi connectivity index (χ0n) is 9.24. The minimum absolute atomic E-state index is 0.253. The van der Waals surface area contributed by atoms with Crippen molar-refractivity contribution >= 4 is 29.3 Å². The van der Waals surface area contributed by atoms with E-state index in [0.717, 1.165) is 4.88 Å². The summed E-state index contributed by atoms with van der Waals surface area (Å²) in [4.78, 5) is 20.9. The van der Waals surface area contributed by atoms with Crippen molar-refractivity contribution in [3.63, 3.8) is 0 Å². The number of aliphatic imine (C=N–C) groups is 1. The molecule has 0 saturated heterocycles. The van der Waals surface area contributed by atoms with Crippen LogP contribution < -0.4 is 0 Å². The molecule has 0 saturated carbocycles. The maximum absolute atomic E-state index is 11.7. The number of nitrogens with zero attached hydrogens (tertiary/aromatic N) is 2. The van der Waals surface area contributed by atoms with Crippen LogP contribution in [0.25, 0.3) is 6.08 Å². The fraction of sp³-hybridized carbons (Fsp3) is 0. The van der Waals surface area contributed by atoms with Gasteiger partial charge in [0.1, 0.15) is 5.69 Å². The summed E-state index contributed by atoms with van der Waals surface area (Å²) in [6.45, 7) is 0. The van der Waals surface area contributed by atoms with Gasteiger partial charge in [-0.3, -0.25) is 4.98 Å². The SMILES string of the molecule is O=C1OC(c2ccccn2)=N/C1=C/c1cccs1. The Morgan fingerprint density at radius 2 is 2.17 bits per heavy atom. The van der Waals surface area contributed by atoms with Gasteiger partial charge in [-0.2, -0.15) is 0 Å². The van der Waals surface area contributed by atoms with Crippen LogP contribution in [0.2, 0.25) is 0 Å². The molecule has 2 aromatic heterocycles. The van der Waals surface area contributed by atoms with E-state index in [1.165, 1.54) is 11.3 Å². The topological polar surface area (TPSA) is 51.5 Å². The predicted molar refractivity (Wildman–Crippen MR) is 69.2 cm³/mol. The van der Waals surface area contributed by atoms with Crippen molar-refractivity contribution in [3.8, 4) is 0 Å². The van der Waals surface area contributed by atoms with E-state index in [1.807, 2.05) is 23.6 Å². The summed E-state index contributed by atoms with van der Waals surface area (Å²) in [7, 11) is 0. The van der Waals surface area contributed by atoms with Crippen LogP contribution in [-0.4, -0.2) is 16.9 Å². The van der Waals surface area contributed by atoms with E-state index in [2.05, 4.69) is 9.98 Å². The molecule has 0 unspecified atom stereocenters. The van der Waals surface area contributed by atoms with Crippen LogP contribution in [0.15, 0.2) is 52.6 Å². The van der Waals surface area contributed by atoms with Gasteiger partial charge in [-0.25, -0.2) is 9.79 Å². The molecule has 2 aromatic rings. The molecule has 18 heavy (non-hydrogen) atoms. The van der Waals surface area contributed by atoms with E-state index in [1.54, 1.807) is 24.4 Å². The third-order valence-corrected chi connectivity index (χ3v) is 3.15. The minimum Gasteiger partial charge on any atom is -0.400 e. The van der Waals surface area contributed by atoms with Crippen LogP contribution in [0, 0.1) is 0 Å². The predicted octanol–water partition coefficient (Wildman–Crippen LogP) is 2.49. The average molecular weight is 256 g/mol.